The van der Waals surface area contributed by atoms with Gasteiger partial charge in [0.15, 0.2) is 0 Å². The van der Waals surface area contributed by atoms with Crippen LogP contribution in [-0.4, -0.2) is 80.2 Å². The minimum absolute atomic E-state index is 0.0170. The van der Waals surface area contributed by atoms with E-state index in [9.17, 15) is 23.1 Å². The zero-order valence-electron chi connectivity index (χ0n) is 22.1. The molecule has 0 spiro atoms. The lowest BCUT2D eigenvalue weighted by atomic mass is 9.99. The van der Waals surface area contributed by atoms with Crippen LogP contribution in [0.15, 0.2) is 47.4 Å². The van der Waals surface area contributed by atoms with Gasteiger partial charge in [0.1, 0.15) is 11.9 Å². The van der Waals surface area contributed by atoms with E-state index in [1.54, 1.807) is 18.9 Å². The number of carbonyl (C=O) groups excluding carboxylic acids is 2. The van der Waals surface area contributed by atoms with E-state index < -0.39 is 28.1 Å². The molecular weight excluding hydrogens is 532 g/mol. The van der Waals surface area contributed by atoms with Crippen molar-refractivity contribution < 1.29 is 27.9 Å². The number of nitrogens with one attached hydrogen (secondary N) is 2. The van der Waals surface area contributed by atoms with Crippen LogP contribution in [-0.2, 0) is 10.0 Å². The summed E-state index contributed by atoms with van der Waals surface area (Å²) >= 11 is 5.88. The van der Waals surface area contributed by atoms with Crippen molar-refractivity contribution in [3.8, 4) is 5.75 Å². The Morgan fingerprint density at radius 1 is 1.21 bits per heavy atom. The molecule has 0 saturated carbocycles. The number of urea groups is 1. The lowest BCUT2D eigenvalue weighted by Gasteiger charge is -2.38. The van der Waals surface area contributed by atoms with Crippen molar-refractivity contribution in [1.82, 2.24) is 15.1 Å². The number of hydrogen-bond acceptors (Lipinski definition) is 6. The number of aliphatic hydroxyl groups is 1. The van der Waals surface area contributed by atoms with Crippen molar-refractivity contribution in [3.63, 3.8) is 0 Å². The van der Waals surface area contributed by atoms with E-state index in [1.807, 2.05) is 20.8 Å². The Morgan fingerprint density at radius 2 is 1.87 bits per heavy atom. The molecule has 10 nitrogen and oxygen atoms in total. The van der Waals surface area contributed by atoms with Gasteiger partial charge >= 0.3 is 6.03 Å². The van der Waals surface area contributed by atoms with Crippen molar-refractivity contribution in [1.29, 1.82) is 0 Å². The molecule has 0 radical (unpaired) electrons. The first-order chi connectivity index (χ1) is 17.8. The minimum atomic E-state index is -3.95. The summed E-state index contributed by atoms with van der Waals surface area (Å²) in [6.07, 6.45) is -0.477. The Bertz CT molecular complexity index is 1250. The van der Waals surface area contributed by atoms with Gasteiger partial charge in [0.25, 0.3) is 15.9 Å². The third-order valence-corrected chi connectivity index (χ3v) is 7.90. The summed E-state index contributed by atoms with van der Waals surface area (Å²) in [5.41, 5.74) is 0.318. The van der Waals surface area contributed by atoms with Gasteiger partial charge in [-0.2, -0.15) is 0 Å². The zero-order valence-corrected chi connectivity index (χ0v) is 23.7. The zero-order chi connectivity index (χ0) is 28.2. The van der Waals surface area contributed by atoms with Crippen LogP contribution in [0.1, 0.15) is 38.1 Å². The molecule has 3 amide bonds. The number of sulfonamides is 1. The summed E-state index contributed by atoms with van der Waals surface area (Å²) in [7, 11) is -2.28. The van der Waals surface area contributed by atoms with E-state index in [1.165, 1.54) is 47.4 Å². The van der Waals surface area contributed by atoms with Crippen LogP contribution in [0.5, 0.6) is 5.75 Å². The molecule has 0 fully saturated rings. The van der Waals surface area contributed by atoms with Crippen molar-refractivity contribution in [2.24, 2.45) is 5.92 Å². The summed E-state index contributed by atoms with van der Waals surface area (Å²) in [4.78, 5) is 29.2. The highest BCUT2D eigenvalue weighted by atomic mass is 35.5. The standard InChI is InChI=1S/C26H35ClN4O6S/c1-16(2)28-26(34)30(5)14-24-17(3)13-31(18(4)15-32)25(33)22-12-20(8-11-23(22)37-24)29-38(35,36)21-9-6-19(27)7-10-21/h6-12,16-18,24,29,32H,13-15H2,1-5H3,(H,28,34)/t17-,18-,24-/m0/s1. The van der Waals surface area contributed by atoms with Gasteiger partial charge < -0.3 is 25.0 Å². The van der Waals surface area contributed by atoms with Crippen LogP contribution in [0.25, 0.3) is 0 Å². The number of hydrogen-bond donors (Lipinski definition) is 3. The maximum atomic E-state index is 13.6. The second-order valence-corrected chi connectivity index (χ2v) is 12.0. The predicted octanol–water partition coefficient (Wildman–Crippen LogP) is 3.41. The van der Waals surface area contributed by atoms with Crippen LogP contribution in [0.2, 0.25) is 5.02 Å². The molecule has 2 aromatic rings. The Balaban J connectivity index is 1.96. The highest BCUT2D eigenvalue weighted by Gasteiger charge is 2.34. The average Bonchev–Trinajstić information content (AvgIpc) is 2.85. The van der Waals surface area contributed by atoms with Gasteiger partial charge in [0.05, 0.1) is 29.7 Å². The van der Waals surface area contributed by atoms with Crippen molar-refractivity contribution in [2.75, 3.05) is 31.5 Å². The summed E-state index contributed by atoms with van der Waals surface area (Å²) < 4.78 is 34.6. The molecule has 3 atom stereocenters. The fraction of sp³-hybridized carbons (Fsp3) is 0.462. The molecule has 1 aliphatic heterocycles. The third-order valence-electron chi connectivity index (χ3n) is 6.25. The summed E-state index contributed by atoms with van der Waals surface area (Å²) in [6.45, 7) is 7.66. The molecule has 12 heteroatoms. The SMILES string of the molecule is CC(C)NC(=O)N(C)C[C@@H]1Oc2ccc(NS(=O)(=O)c3ccc(Cl)cc3)cc2C(=O)N([C@@H](C)CO)C[C@@H]1C. The number of aliphatic hydroxyl groups excluding tert-OH is 1. The number of benzene rings is 2. The molecule has 38 heavy (non-hydrogen) atoms. The number of amides is 3. The normalized spacial score (nSPS) is 18.6. The highest BCUT2D eigenvalue weighted by molar-refractivity contribution is 7.92. The van der Waals surface area contributed by atoms with Crippen LogP contribution >= 0.6 is 11.6 Å². The van der Waals surface area contributed by atoms with Crippen molar-refractivity contribution in [3.05, 3.63) is 53.1 Å². The number of fused-ring (bicyclic) bond motifs is 1. The molecule has 0 aliphatic carbocycles. The fourth-order valence-electron chi connectivity index (χ4n) is 4.04. The number of rotatable bonds is 8. The first kappa shape index (κ1) is 29.5. The molecule has 0 saturated heterocycles. The molecule has 208 valence electrons. The first-order valence-corrected chi connectivity index (χ1v) is 14.2. The lowest BCUT2D eigenvalue weighted by Crippen LogP contribution is -2.51. The van der Waals surface area contributed by atoms with E-state index >= 15 is 0 Å². The van der Waals surface area contributed by atoms with Gasteiger partial charge in [-0.15, -0.1) is 0 Å². The number of halogens is 1. The molecule has 3 N–H and O–H groups in total. The number of ether oxygens (including phenoxy) is 1. The van der Waals surface area contributed by atoms with Crippen molar-refractivity contribution >= 4 is 39.2 Å². The van der Waals surface area contributed by atoms with Crippen LogP contribution in [0, 0.1) is 5.92 Å². The maximum absolute atomic E-state index is 13.6. The van der Waals surface area contributed by atoms with E-state index in [0.29, 0.717) is 5.02 Å². The van der Waals surface area contributed by atoms with Crippen LogP contribution < -0.4 is 14.8 Å². The van der Waals surface area contributed by atoms with Gasteiger partial charge in [-0.25, -0.2) is 13.2 Å². The summed E-state index contributed by atoms with van der Waals surface area (Å²) in [5, 5.41) is 13.1. The van der Waals surface area contributed by atoms with Gasteiger partial charge in [-0.3, -0.25) is 9.52 Å². The number of anilines is 1. The largest absolute Gasteiger partial charge is 0.487 e. The predicted molar refractivity (Wildman–Crippen MR) is 146 cm³/mol. The monoisotopic (exact) mass is 566 g/mol. The van der Waals surface area contributed by atoms with E-state index in [4.69, 9.17) is 16.3 Å². The first-order valence-electron chi connectivity index (χ1n) is 12.3. The van der Waals surface area contributed by atoms with E-state index in [-0.39, 0.29) is 59.6 Å². The molecule has 2 aromatic carbocycles. The minimum Gasteiger partial charge on any atom is -0.487 e. The molecule has 0 unspecified atom stereocenters. The second kappa shape index (κ2) is 12.2. The van der Waals surface area contributed by atoms with Gasteiger partial charge in [0, 0.05) is 36.3 Å². The Hall–Kier alpha value is -3.02. The number of carbonyl (C=O) groups is 2. The smallest absolute Gasteiger partial charge is 0.317 e. The Kier molecular flexibility index (Phi) is 9.50. The average molecular weight is 567 g/mol. The highest BCUT2D eigenvalue weighted by Crippen LogP contribution is 2.31. The van der Waals surface area contributed by atoms with Gasteiger partial charge in [-0.1, -0.05) is 18.5 Å². The lowest BCUT2D eigenvalue weighted by molar-refractivity contribution is 0.0366. The third kappa shape index (κ3) is 7.09. The van der Waals surface area contributed by atoms with E-state index in [0.717, 1.165) is 0 Å². The number of likely N-dealkylation sites (N-methyl/N-ethyl adjacent to an activating group) is 1. The quantitative estimate of drug-likeness (QED) is 0.449. The Morgan fingerprint density at radius 3 is 2.47 bits per heavy atom. The van der Waals surface area contributed by atoms with Crippen LogP contribution in [0.4, 0.5) is 10.5 Å². The molecule has 0 bridgehead atoms. The summed E-state index contributed by atoms with van der Waals surface area (Å²) in [5.74, 6) is -0.322. The molecular formula is C26H35ClN4O6S. The molecule has 0 aromatic heterocycles. The van der Waals surface area contributed by atoms with Crippen molar-refractivity contribution in [2.45, 2.75) is 50.8 Å². The molecule has 1 aliphatic rings. The Labute approximate surface area is 229 Å². The molecule has 1 heterocycles. The summed E-state index contributed by atoms with van der Waals surface area (Å²) in [6, 6.07) is 9.41. The van der Waals surface area contributed by atoms with Crippen LogP contribution in [0.3, 0.4) is 0 Å². The fourth-order valence-corrected chi connectivity index (χ4v) is 5.22. The second-order valence-electron chi connectivity index (χ2n) is 9.88. The van der Waals surface area contributed by atoms with Gasteiger partial charge in [0.2, 0.25) is 0 Å². The maximum Gasteiger partial charge on any atom is 0.317 e. The number of nitrogens with zero attached hydrogens (tertiary/aromatic N) is 2. The topological polar surface area (TPSA) is 128 Å². The van der Waals surface area contributed by atoms with E-state index in [2.05, 4.69) is 10.0 Å². The van der Waals surface area contributed by atoms with Gasteiger partial charge in [-0.05, 0) is 63.2 Å². The molecule has 3 rings (SSSR count).